The van der Waals surface area contributed by atoms with Crippen LogP contribution in [-0.4, -0.2) is 26.5 Å². The van der Waals surface area contributed by atoms with Gasteiger partial charge in [-0.05, 0) is 6.42 Å². The molecular weight excluding hydrogens is 228 g/mol. The van der Waals surface area contributed by atoms with E-state index >= 15 is 0 Å². The average molecular weight is 237 g/mol. The lowest BCUT2D eigenvalue weighted by Crippen LogP contribution is -2.33. The first kappa shape index (κ1) is 11.2. The summed E-state index contributed by atoms with van der Waals surface area (Å²) in [6.07, 6.45) is 0.981. The zero-order valence-electron chi connectivity index (χ0n) is 6.29. The summed E-state index contributed by atoms with van der Waals surface area (Å²) in [5.41, 5.74) is 0. The van der Waals surface area contributed by atoms with Crippen molar-refractivity contribution < 1.29 is 19.8 Å². The molecular formula is C7H9BrO4. The highest BCUT2D eigenvalue weighted by molar-refractivity contribution is 9.10. The maximum Gasteiger partial charge on any atom is 0.321 e. The van der Waals surface area contributed by atoms with E-state index in [0.717, 1.165) is 0 Å². The molecule has 1 atom stereocenters. The number of rotatable bonds is 5. The van der Waals surface area contributed by atoms with Gasteiger partial charge in [-0.15, -0.1) is 6.58 Å². The Morgan fingerprint density at radius 3 is 2.25 bits per heavy atom. The van der Waals surface area contributed by atoms with Crippen LogP contribution >= 0.6 is 15.9 Å². The van der Waals surface area contributed by atoms with E-state index in [1.54, 1.807) is 0 Å². The molecule has 0 spiro atoms. The first-order chi connectivity index (χ1) is 5.42. The van der Waals surface area contributed by atoms with Crippen molar-refractivity contribution in [2.24, 2.45) is 0 Å². The van der Waals surface area contributed by atoms with Crippen LogP contribution in [-0.2, 0) is 9.59 Å². The minimum Gasteiger partial charge on any atom is -0.481 e. The van der Waals surface area contributed by atoms with Crippen molar-refractivity contribution in [2.45, 2.75) is 17.2 Å². The summed E-state index contributed by atoms with van der Waals surface area (Å²) in [5, 5.41) is 17.1. The topological polar surface area (TPSA) is 74.6 Å². The summed E-state index contributed by atoms with van der Waals surface area (Å²) in [5.74, 6) is -2.35. The molecule has 0 saturated heterocycles. The Labute approximate surface area is 78.0 Å². The lowest BCUT2D eigenvalue weighted by molar-refractivity contribution is -0.146. The fourth-order valence-corrected chi connectivity index (χ4v) is 1.17. The lowest BCUT2D eigenvalue weighted by Gasteiger charge is -2.17. The van der Waals surface area contributed by atoms with E-state index in [4.69, 9.17) is 10.2 Å². The summed E-state index contributed by atoms with van der Waals surface area (Å²) in [7, 11) is 0. The zero-order chi connectivity index (χ0) is 9.78. The van der Waals surface area contributed by atoms with Gasteiger partial charge in [0, 0.05) is 0 Å². The molecule has 12 heavy (non-hydrogen) atoms. The molecule has 0 saturated carbocycles. The van der Waals surface area contributed by atoms with Crippen LogP contribution in [0.15, 0.2) is 12.7 Å². The van der Waals surface area contributed by atoms with Gasteiger partial charge in [0.25, 0.3) is 0 Å². The maximum absolute atomic E-state index is 10.6. The number of alkyl halides is 1. The quantitative estimate of drug-likeness (QED) is 0.557. The third-order valence-corrected chi connectivity index (χ3v) is 2.23. The van der Waals surface area contributed by atoms with E-state index in [1.165, 1.54) is 6.08 Å². The summed E-state index contributed by atoms with van der Waals surface area (Å²) in [6.45, 7) is 3.35. The van der Waals surface area contributed by atoms with Gasteiger partial charge in [-0.1, -0.05) is 22.0 Å². The standard InChI is InChI=1S/C7H9BrO4/c1-2-3-7(8,6(11)12)4-5(9)10/h2H,1,3-4H2,(H,9,10)(H,11,12). The molecule has 0 fully saturated rings. The summed E-state index contributed by atoms with van der Waals surface area (Å²) >= 11 is 2.86. The van der Waals surface area contributed by atoms with Crippen molar-refractivity contribution in [1.29, 1.82) is 0 Å². The van der Waals surface area contributed by atoms with E-state index in [-0.39, 0.29) is 6.42 Å². The Hall–Kier alpha value is -0.840. The molecule has 0 aliphatic heterocycles. The molecule has 0 aliphatic carbocycles. The van der Waals surface area contributed by atoms with E-state index in [1.807, 2.05) is 0 Å². The first-order valence-electron chi connectivity index (χ1n) is 3.17. The largest absolute Gasteiger partial charge is 0.481 e. The van der Waals surface area contributed by atoms with Gasteiger partial charge < -0.3 is 10.2 Å². The van der Waals surface area contributed by atoms with Crippen molar-refractivity contribution in [3.63, 3.8) is 0 Å². The number of hydrogen-bond donors (Lipinski definition) is 2. The fraction of sp³-hybridized carbons (Fsp3) is 0.429. The number of carboxylic acids is 2. The summed E-state index contributed by atoms with van der Waals surface area (Å²) in [6, 6.07) is 0. The van der Waals surface area contributed by atoms with Gasteiger partial charge in [-0.25, -0.2) is 0 Å². The zero-order valence-corrected chi connectivity index (χ0v) is 7.87. The van der Waals surface area contributed by atoms with Crippen molar-refractivity contribution >= 4 is 27.9 Å². The molecule has 0 amide bonds. The normalized spacial score (nSPS) is 14.8. The molecule has 68 valence electrons. The van der Waals surface area contributed by atoms with Crippen LogP contribution in [0.1, 0.15) is 12.8 Å². The SMILES string of the molecule is C=CCC(Br)(CC(=O)O)C(=O)O. The number of halogens is 1. The Bertz CT molecular complexity index is 213. The predicted octanol–water partition coefficient (Wildman–Crippen LogP) is 1.26. The van der Waals surface area contributed by atoms with Gasteiger partial charge in [-0.2, -0.15) is 0 Å². The number of carboxylic acid groups (broad SMARTS) is 2. The third-order valence-electron chi connectivity index (χ3n) is 1.28. The van der Waals surface area contributed by atoms with Gasteiger partial charge in [0.2, 0.25) is 0 Å². The van der Waals surface area contributed by atoms with Crippen molar-refractivity contribution in [3.05, 3.63) is 12.7 Å². The van der Waals surface area contributed by atoms with Gasteiger partial charge >= 0.3 is 11.9 Å². The summed E-state index contributed by atoms with van der Waals surface area (Å²) < 4.78 is -1.42. The molecule has 4 nitrogen and oxygen atoms in total. The number of carbonyl (C=O) groups is 2. The van der Waals surface area contributed by atoms with Crippen molar-refractivity contribution in [3.8, 4) is 0 Å². The highest BCUT2D eigenvalue weighted by Gasteiger charge is 2.36. The Morgan fingerprint density at radius 2 is 2.00 bits per heavy atom. The minimum absolute atomic E-state index is 0.0780. The molecule has 0 bridgehead atoms. The highest BCUT2D eigenvalue weighted by Crippen LogP contribution is 2.27. The van der Waals surface area contributed by atoms with Crippen molar-refractivity contribution in [1.82, 2.24) is 0 Å². The molecule has 0 aromatic heterocycles. The van der Waals surface area contributed by atoms with Crippen LogP contribution in [0.3, 0.4) is 0 Å². The number of aliphatic carboxylic acids is 2. The average Bonchev–Trinajstić information content (AvgIpc) is 1.85. The first-order valence-corrected chi connectivity index (χ1v) is 3.96. The van der Waals surface area contributed by atoms with Crippen molar-refractivity contribution in [2.75, 3.05) is 0 Å². The number of allylic oxidation sites excluding steroid dienone is 1. The number of hydrogen-bond acceptors (Lipinski definition) is 2. The molecule has 0 heterocycles. The van der Waals surface area contributed by atoms with Gasteiger partial charge in [0.1, 0.15) is 4.32 Å². The van der Waals surface area contributed by atoms with E-state index in [2.05, 4.69) is 22.5 Å². The Balaban J connectivity index is 4.49. The Morgan fingerprint density at radius 1 is 1.50 bits per heavy atom. The smallest absolute Gasteiger partial charge is 0.321 e. The molecule has 1 unspecified atom stereocenters. The second kappa shape index (κ2) is 4.25. The van der Waals surface area contributed by atoms with Gasteiger partial charge in [0.05, 0.1) is 6.42 Å². The summed E-state index contributed by atoms with van der Waals surface area (Å²) in [4.78, 5) is 20.9. The van der Waals surface area contributed by atoms with Gasteiger partial charge in [-0.3, -0.25) is 9.59 Å². The van der Waals surface area contributed by atoms with Crippen LogP contribution in [0.4, 0.5) is 0 Å². The highest BCUT2D eigenvalue weighted by atomic mass is 79.9. The molecule has 0 radical (unpaired) electrons. The second-order valence-electron chi connectivity index (χ2n) is 2.33. The third kappa shape index (κ3) is 3.04. The van der Waals surface area contributed by atoms with Crippen LogP contribution < -0.4 is 0 Å². The van der Waals surface area contributed by atoms with Crippen LogP contribution in [0.2, 0.25) is 0 Å². The van der Waals surface area contributed by atoms with E-state index < -0.39 is 22.7 Å². The molecule has 2 N–H and O–H groups in total. The van der Waals surface area contributed by atoms with Crippen LogP contribution in [0.25, 0.3) is 0 Å². The predicted molar refractivity (Wildman–Crippen MR) is 46.4 cm³/mol. The van der Waals surface area contributed by atoms with Crippen LogP contribution in [0, 0.1) is 0 Å². The maximum atomic E-state index is 10.6. The molecule has 0 aliphatic rings. The fourth-order valence-electron chi connectivity index (χ4n) is 0.704. The monoisotopic (exact) mass is 236 g/mol. The van der Waals surface area contributed by atoms with E-state index in [0.29, 0.717) is 0 Å². The molecule has 5 heteroatoms. The van der Waals surface area contributed by atoms with Gasteiger partial charge in [0.15, 0.2) is 0 Å². The van der Waals surface area contributed by atoms with Crippen LogP contribution in [0.5, 0.6) is 0 Å². The lowest BCUT2D eigenvalue weighted by atomic mass is 10.0. The van der Waals surface area contributed by atoms with E-state index in [9.17, 15) is 9.59 Å². The Kier molecular flexibility index (Phi) is 3.95. The molecule has 0 aromatic carbocycles. The second-order valence-corrected chi connectivity index (χ2v) is 3.85. The molecule has 0 rings (SSSR count). The minimum atomic E-state index is -1.42. The molecule has 0 aromatic rings.